The number of nitrogens with one attached hydrogen (secondary N) is 1. The fourth-order valence-electron chi connectivity index (χ4n) is 3.13. The Morgan fingerprint density at radius 1 is 1.52 bits per heavy atom. The van der Waals surface area contributed by atoms with Gasteiger partial charge in [0.05, 0.1) is 10.8 Å². The van der Waals surface area contributed by atoms with E-state index >= 15 is 0 Å². The van der Waals surface area contributed by atoms with Gasteiger partial charge in [-0.2, -0.15) is 0 Å². The monoisotopic (exact) mass is 361 g/mol. The third-order valence-electron chi connectivity index (χ3n) is 4.47. The zero-order chi connectivity index (χ0) is 17.8. The molecule has 0 radical (unpaired) electrons. The Morgan fingerprint density at radius 2 is 2.36 bits per heavy atom. The lowest BCUT2D eigenvalue weighted by Gasteiger charge is -2.32. The van der Waals surface area contributed by atoms with Crippen molar-refractivity contribution in [2.75, 3.05) is 18.4 Å². The lowest BCUT2D eigenvalue weighted by molar-refractivity contribution is -0.385. The van der Waals surface area contributed by atoms with E-state index in [4.69, 9.17) is 0 Å². The van der Waals surface area contributed by atoms with Gasteiger partial charge in [-0.15, -0.1) is 10.2 Å². The highest BCUT2D eigenvalue weighted by atomic mass is 32.1. The highest BCUT2D eigenvalue weighted by molar-refractivity contribution is 7.13. The van der Waals surface area contributed by atoms with Crippen molar-refractivity contribution in [2.45, 2.75) is 26.3 Å². The molecular weight excluding hydrogens is 342 g/mol. The van der Waals surface area contributed by atoms with Crippen molar-refractivity contribution in [3.8, 4) is 0 Å². The van der Waals surface area contributed by atoms with Crippen LogP contribution in [0.3, 0.4) is 0 Å². The number of anilines is 1. The first kappa shape index (κ1) is 17.4. The summed E-state index contributed by atoms with van der Waals surface area (Å²) in [5, 5.41) is 21.9. The van der Waals surface area contributed by atoms with Gasteiger partial charge in [0.25, 0.3) is 5.69 Å². The number of nitrogens with zero attached hydrogens (tertiary/aromatic N) is 4. The number of piperidine rings is 1. The molecule has 1 saturated heterocycles. The van der Waals surface area contributed by atoms with Crippen LogP contribution in [-0.2, 0) is 11.3 Å². The van der Waals surface area contributed by atoms with Crippen molar-refractivity contribution in [3.63, 3.8) is 0 Å². The van der Waals surface area contributed by atoms with Crippen LogP contribution in [0.4, 0.5) is 10.8 Å². The van der Waals surface area contributed by atoms with Crippen LogP contribution < -0.4 is 5.32 Å². The lowest BCUT2D eigenvalue weighted by atomic mass is 9.96. The average Bonchev–Trinajstić information content (AvgIpc) is 3.10. The van der Waals surface area contributed by atoms with Gasteiger partial charge in [0.2, 0.25) is 11.0 Å². The Labute approximate surface area is 149 Å². The van der Waals surface area contributed by atoms with Gasteiger partial charge in [0.1, 0.15) is 5.51 Å². The molecule has 1 aromatic carbocycles. The molecule has 0 saturated carbocycles. The van der Waals surface area contributed by atoms with Crippen LogP contribution in [0.2, 0.25) is 0 Å². The second kappa shape index (κ2) is 7.66. The summed E-state index contributed by atoms with van der Waals surface area (Å²) in [4.78, 5) is 25.3. The minimum Gasteiger partial charge on any atom is -0.300 e. The molecule has 1 atom stereocenters. The molecule has 8 nitrogen and oxygen atoms in total. The summed E-state index contributed by atoms with van der Waals surface area (Å²) < 4.78 is 0. The summed E-state index contributed by atoms with van der Waals surface area (Å²) in [6.45, 7) is 3.89. The number of likely N-dealkylation sites (tertiary alicyclic amines) is 1. The minimum absolute atomic E-state index is 0.0442. The van der Waals surface area contributed by atoms with E-state index < -0.39 is 0 Å². The number of rotatable bonds is 5. The number of nitro benzene ring substituents is 1. The van der Waals surface area contributed by atoms with Gasteiger partial charge in [-0.3, -0.25) is 19.8 Å². The zero-order valence-electron chi connectivity index (χ0n) is 13.8. The second-order valence-corrected chi connectivity index (χ2v) is 6.96. The maximum atomic E-state index is 12.4. The Hall–Kier alpha value is -2.39. The van der Waals surface area contributed by atoms with Crippen molar-refractivity contribution in [1.82, 2.24) is 15.1 Å². The first-order valence-corrected chi connectivity index (χ1v) is 8.95. The van der Waals surface area contributed by atoms with Gasteiger partial charge < -0.3 is 5.32 Å². The van der Waals surface area contributed by atoms with Crippen LogP contribution >= 0.6 is 11.3 Å². The molecule has 0 bridgehead atoms. The van der Waals surface area contributed by atoms with Gasteiger partial charge in [-0.05, 0) is 31.9 Å². The summed E-state index contributed by atoms with van der Waals surface area (Å²) in [5.74, 6) is -0.158. The molecule has 9 heteroatoms. The quantitative estimate of drug-likeness (QED) is 0.649. The van der Waals surface area contributed by atoms with E-state index in [1.165, 1.54) is 17.4 Å². The Kier molecular flexibility index (Phi) is 5.34. The normalized spacial score (nSPS) is 18.0. The van der Waals surface area contributed by atoms with E-state index in [0.717, 1.165) is 24.9 Å². The molecule has 25 heavy (non-hydrogen) atoms. The molecule has 0 aliphatic carbocycles. The SMILES string of the molecule is Cc1c(CN2CCC[C@@H](C(=O)Nc3nncs3)C2)cccc1[N+](=O)[O-]. The van der Waals surface area contributed by atoms with E-state index in [1.54, 1.807) is 18.5 Å². The summed E-state index contributed by atoms with van der Waals surface area (Å²) in [5.41, 5.74) is 3.33. The van der Waals surface area contributed by atoms with E-state index in [-0.39, 0.29) is 22.4 Å². The molecule has 1 aromatic heterocycles. The van der Waals surface area contributed by atoms with Crippen LogP contribution in [0, 0.1) is 23.0 Å². The molecule has 2 aromatic rings. The highest BCUT2D eigenvalue weighted by Gasteiger charge is 2.27. The van der Waals surface area contributed by atoms with E-state index in [1.807, 2.05) is 6.07 Å². The van der Waals surface area contributed by atoms with Crippen LogP contribution in [0.5, 0.6) is 0 Å². The lowest BCUT2D eigenvalue weighted by Crippen LogP contribution is -2.40. The molecule has 1 N–H and O–H groups in total. The van der Waals surface area contributed by atoms with Crippen molar-refractivity contribution in [2.24, 2.45) is 5.92 Å². The first-order chi connectivity index (χ1) is 12.0. The number of amides is 1. The van der Waals surface area contributed by atoms with Gasteiger partial charge in [-0.1, -0.05) is 23.5 Å². The molecule has 1 aliphatic rings. The highest BCUT2D eigenvalue weighted by Crippen LogP contribution is 2.25. The first-order valence-electron chi connectivity index (χ1n) is 8.07. The summed E-state index contributed by atoms with van der Waals surface area (Å²) in [6.07, 6.45) is 1.75. The smallest absolute Gasteiger partial charge is 0.272 e. The average molecular weight is 361 g/mol. The molecule has 3 rings (SSSR count). The minimum atomic E-state index is -0.354. The number of carbonyl (C=O) groups is 1. The molecule has 0 spiro atoms. The van der Waals surface area contributed by atoms with Crippen LogP contribution in [0.25, 0.3) is 0 Å². The molecule has 1 fully saturated rings. The summed E-state index contributed by atoms with van der Waals surface area (Å²) >= 11 is 1.29. The molecule has 132 valence electrons. The third kappa shape index (κ3) is 4.18. The van der Waals surface area contributed by atoms with Gasteiger partial charge in [0, 0.05) is 24.7 Å². The van der Waals surface area contributed by atoms with Crippen molar-refractivity contribution in [3.05, 3.63) is 45.0 Å². The molecule has 1 amide bonds. The number of carbonyl (C=O) groups excluding carboxylic acids is 1. The number of hydrogen-bond acceptors (Lipinski definition) is 7. The molecule has 0 unspecified atom stereocenters. The zero-order valence-corrected chi connectivity index (χ0v) is 14.7. The number of nitro groups is 1. The maximum absolute atomic E-state index is 12.4. The van der Waals surface area contributed by atoms with Crippen LogP contribution in [0.15, 0.2) is 23.7 Å². The van der Waals surface area contributed by atoms with Crippen molar-refractivity contribution < 1.29 is 9.72 Å². The number of benzene rings is 1. The van der Waals surface area contributed by atoms with Crippen LogP contribution in [0.1, 0.15) is 24.0 Å². The largest absolute Gasteiger partial charge is 0.300 e. The topological polar surface area (TPSA) is 101 Å². The predicted octanol–water partition coefficient (Wildman–Crippen LogP) is 2.61. The number of hydrogen-bond donors (Lipinski definition) is 1. The fourth-order valence-corrected chi connectivity index (χ4v) is 3.58. The number of aromatic nitrogens is 2. The second-order valence-electron chi connectivity index (χ2n) is 6.13. The van der Waals surface area contributed by atoms with Gasteiger partial charge in [0.15, 0.2) is 0 Å². The van der Waals surface area contributed by atoms with Crippen molar-refractivity contribution >= 4 is 28.1 Å². The Balaban J connectivity index is 1.65. The van der Waals surface area contributed by atoms with Gasteiger partial charge >= 0.3 is 0 Å². The van der Waals surface area contributed by atoms with Crippen molar-refractivity contribution in [1.29, 1.82) is 0 Å². The fraction of sp³-hybridized carbons (Fsp3) is 0.438. The predicted molar refractivity (Wildman–Crippen MR) is 94.4 cm³/mol. The standard InChI is InChI=1S/C16H19N5O3S/c1-11-12(4-2-6-14(11)21(23)24)8-20-7-3-5-13(9-20)15(22)18-16-19-17-10-25-16/h2,4,6,10,13H,3,5,7-9H2,1H3,(H,18,19,22)/t13-/m1/s1. The van der Waals surface area contributed by atoms with Gasteiger partial charge in [-0.25, -0.2) is 0 Å². The third-order valence-corrected chi connectivity index (χ3v) is 5.08. The Morgan fingerprint density at radius 3 is 3.08 bits per heavy atom. The van der Waals surface area contributed by atoms with E-state index in [9.17, 15) is 14.9 Å². The summed E-state index contributed by atoms with van der Waals surface area (Å²) in [6, 6.07) is 5.14. The molecular formula is C16H19N5O3S. The Bertz CT molecular complexity index is 765. The molecule has 2 heterocycles. The summed E-state index contributed by atoms with van der Waals surface area (Å²) in [7, 11) is 0. The maximum Gasteiger partial charge on any atom is 0.272 e. The molecule has 1 aliphatic heterocycles. The van der Waals surface area contributed by atoms with Crippen LogP contribution in [-0.4, -0.2) is 39.0 Å². The van der Waals surface area contributed by atoms with E-state index in [2.05, 4.69) is 20.4 Å². The van der Waals surface area contributed by atoms with E-state index in [0.29, 0.717) is 23.8 Å².